The Morgan fingerprint density at radius 1 is 1.04 bits per heavy atom. The first-order chi connectivity index (χ1) is 13.2. The van der Waals surface area contributed by atoms with Gasteiger partial charge in [0.05, 0.1) is 0 Å². The molecule has 0 bridgehead atoms. The number of piperazine rings is 1. The summed E-state index contributed by atoms with van der Waals surface area (Å²) in [6, 6.07) is 2.22. The Labute approximate surface area is 159 Å². The van der Waals surface area contributed by atoms with Gasteiger partial charge in [0.1, 0.15) is 0 Å². The van der Waals surface area contributed by atoms with Gasteiger partial charge in [0.15, 0.2) is 0 Å². The third-order valence-corrected chi connectivity index (χ3v) is 5.75. The molecule has 1 N–H and O–H groups in total. The van der Waals surface area contributed by atoms with E-state index in [2.05, 4.69) is 20.2 Å². The SMILES string of the molecule is O=C1C2=C(CCCC2)C(=O)N1CCCCC1CN(c2ncccn2)CCN1. The van der Waals surface area contributed by atoms with Crippen molar-refractivity contribution in [2.75, 3.05) is 31.1 Å². The Balaban J connectivity index is 1.23. The summed E-state index contributed by atoms with van der Waals surface area (Å²) in [7, 11) is 0. The van der Waals surface area contributed by atoms with Crippen LogP contribution in [0.3, 0.4) is 0 Å². The Morgan fingerprint density at radius 3 is 2.44 bits per heavy atom. The van der Waals surface area contributed by atoms with Crippen molar-refractivity contribution >= 4 is 17.8 Å². The molecule has 0 aromatic carbocycles. The van der Waals surface area contributed by atoms with Gasteiger partial charge in [0.25, 0.3) is 11.8 Å². The molecule has 1 aliphatic carbocycles. The van der Waals surface area contributed by atoms with Crippen molar-refractivity contribution in [1.29, 1.82) is 0 Å². The quantitative estimate of drug-likeness (QED) is 0.607. The van der Waals surface area contributed by atoms with Crippen LogP contribution in [0, 0.1) is 0 Å². The molecule has 1 saturated heterocycles. The molecule has 0 saturated carbocycles. The predicted molar refractivity (Wildman–Crippen MR) is 102 cm³/mol. The Bertz CT molecular complexity index is 705. The van der Waals surface area contributed by atoms with E-state index in [0.29, 0.717) is 12.6 Å². The van der Waals surface area contributed by atoms with Crippen molar-refractivity contribution in [3.8, 4) is 0 Å². The van der Waals surface area contributed by atoms with Crippen LogP contribution < -0.4 is 10.2 Å². The molecular weight excluding hydrogens is 342 g/mol. The second kappa shape index (κ2) is 8.17. The number of nitrogens with one attached hydrogen (secondary N) is 1. The second-order valence-corrected chi connectivity index (χ2v) is 7.57. The summed E-state index contributed by atoms with van der Waals surface area (Å²) < 4.78 is 0. The van der Waals surface area contributed by atoms with Gasteiger partial charge < -0.3 is 10.2 Å². The van der Waals surface area contributed by atoms with E-state index in [1.807, 2.05) is 6.07 Å². The first-order valence-corrected chi connectivity index (χ1v) is 10.1. The number of rotatable bonds is 6. The summed E-state index contributed by atoms with van der Waals surface area (Å²) in [5.74, 6) is 0.727. The van der Waals surface area contributed by atoms with Crippen molar-refractivity contribution in [3.63, 3.8) is 0 Å². The maximum absolute atomic E-state index is 12.5. The van der Waals surface area contributed by atoms with Crippen LogP contribution in [-0.4, -0.2) is 58.9 Å². The fraction of sp³-hybridized carbons (Fsp3) is 0.600. The van der Waals surface area contributed by atoms with Crippen LogP contribution in [0.5, 0.6) is 0 Å². The molecule has 1 aromatic rings. The minimum Gasteiger partial charge on any atom is -0.338 e. The lowest BCUT2D eigenvalue weighted by atomic mass is 9.93. The lowest BCUT2D eigenvalue weighted by Crippen LogP contribution is -2.51. The largest absolute Gasteiger partial charge is 0.338 e. The first-order valence-electron chi connectivity index (χ1n) is 10.1. The van der Waals surface area contributed by atoms with E-state index >= 15 is 0 Å². The van der Waals surface area contributed by atoms with E-state index in [-0.39, 0.29) is 11.8 Å². The highest BCUT2D eigenvalue weighted by molar-refractivity contribution is 6.19. The Morgan fingerprint density at radius 2 is 1.74 bits per heavy atom. The van der Waals surface area contributed by atoms with Gasteiger partial charge >= 0.3 is 0 Å². The van der Waals surface area contributed by atoms with Crippen LogP contribution in [0.2, 0.25) is 0 Å². The van der Waals surface area contributed by atoms with Gasteiger partial charge in [0.2, 0.25) is 5.95 Å². The monoisotopic (exact) mass is 369 g/mol. The number of aromatic nitrogens is 2. The van der Waals surface area contributed by atoms with Crippen LogP contribution in [0.4, 0.5) is 5.95 Å². The van der Waals surface area contributed by atoms with E-state index in [1.54, 1.807) is 12.4 Å². The molecule has 27 heavy (non-hydrogen) atoms. The van der Waals surface area contributed by atoms with Crippen molar-refractivity contribution in [2.45, 2.75) is 51.0 Å². The maximum Gasteiger partial charge on any atom is 0.257 e. The molecule has 144 valence electrons. The van der Waals surface area contributed by atoms with Crippen LogP contribution in [0.25, 0.3) is 0 Å². The summed E-state index contributed by atoms with van der Waals surface area (Å²) in [5, 5.41) is 3.55. The van der Waals surface area contributed by atoms with Gasteiger partial charge in [-0.3, -0.25) is 14.5 Å². The van der Waals surface area contributed by atoms with Gasteiger partial charge in [-0.2, -0.15) is 0 Å². The first kappa shape index (κ1) is 18.1. The van der Waals surface area contributed by atoms with E-state index in [1.165, 1.54) is 4.90 Å². The van der Waals surface area contributed by atoms with Gasteiger partial charge in [-0.15, -0.1) is 0 Å². The number of hydrogen-bond acceptors (Lipinski definition) is 6. The molecule has 7 heteroatoms. The summed E-state index contributed by atoms with van der Waals surface area (Å²) in [6.07, 6.45) is 10.0. The highest BCUT2D eigenvalue weighted by Gasteiger charge is 2.38. The summed E-state index contributed by atoms with van der Waals surface area (Å²) >= 11 is 0. The van der Waals surface area contributed by atoms with E-state index in [9.17, 15) is 9.59 Å². The number of imide groups is 1. The fourth-order valence-electron chi connectivity index (χ4n) is 4.31. The molecule has 1 fully saturated rings. The van der Waals surface area contributed by atoms with Crippen molar-refractivity contribution < 1.29 is 9.59 Å². The molecule has 1 atom stereocenters. The second-order valence-electron chi connectivity index (χ2n) is 7.57. The Kier molecular flexibility index (Phi) is 5.48. The summed E-state index contributed by atoms with van der Waals surface area (Å²) in [4.78, 5) is 37.3. The number of carbonyl (C=O) groups is 2. The smallest absolute Gasteiger partial charge is 0.257 e. The molecule has 4 rings (SSSR count). The predicted octanol–water partition coefficient (Wildman–Crippen LogP) is 1.66. The molecule has 1 unspecified atom stereocenters. The fourth-order valence-corrected chi connectivity index (χ4v) is 4.31. The van der Waals surface area contributed by atoms with Crippen molar-refractivity contribution in [2.24, 2.45) is 0 Å². The minimum atomic E-state index is -0.0297. The van der Waals surface area contributed by atoms with Gasteiger partial charge in [0, 0.05) is 55.8 Å². The standard InChI is InChI=1S/C20H27N5O2/c26-18-16-7-1-2-8-17(16)19(27)25(18)12-4-3-6-15-14-24(13-11-21-15)20-22-9-5-10-23-20/h5,9-10,15,21H,1-4,6-8,11-14H2. The number of anilines is 1. The lowest BCUT2D eigenvalue weighted by Gasteiger charge is -2.33. The van der Waals surface area contributed by atoms with Crippen LogP contribution in [0.1, 0.15) is 44.9 Å². The third kappa shape index (κ3) is 3.88. The highest BCUT2D eigenvalue weighted by atomic mass is 16.2. The molecule has 3 aliphatic rings. The molecule has 7 nitrogen and oxygen atoms in total. The third-order valence-electron chi connectivity index (χ3n) is 5.75. The highest BCUT2D eigenvalue weighted by Crippen LogP contribution is 2.33. The van der Waals surface area contributed by atoms with Gasteiger partial charge in [-0.25, -0.2) is 9.97 Å². The number of amides is 2. The van der Waals surface area contributed by atoms with Crippen LogP contribution >= 0.6 is 0 Å². The number of unbranched alkanes of at least 4 members (excludes halogenated alkanes) is 1. The Hall–Kier alpha value is -2.28. The number of nitrogens with zero attached hydrogens (tertiary/aromatic N) is 4. The summed E-state index contributed by atoms with van der Waals surface area (Å²) in [6.45, 7) is 3.27. The molecule has 0 spiro atoms. The normalized spacial score (nSPS) is 23.2. The molecule has 2 aliphatic heterocycles. The van der Waals surface area contributed by atoms with Crippen LogP contribution in [0.15, 0.2) is 29.6 Å². The molecular formula is C20H27N5O2. The average molecular weight is 369 g/mol. The zero-order valence-electron chi connectivity index (χ0n) is 15.7. The van der Waals surface area contributed by atoms with Gasteiger partial charge in [-0.05, 0) is 44.6 Å². The van der Waals surface area contributed by atoms with Crippen molar-refractivity contribution in [3.05, 3.63) is 29.6 Å². The maximum atomic E-state index is 12.5. The lowest BCUT2D eigenvalue weighted by molar-refractivity contribution is -0.137. The topological polar surface area (TPSA) is 78.4 Å². The van der Waals surface area contributed by atoms with E-state index in [0.717, 1.165) is 81.7 Å². The number of carbonyl (C=O) groups excluding carboxylic acids is 2. The molecule has 3 heterocycles. The zero-order chi connectivity index (χ0) is 18.6. The summed E-state index contributed by atoms with van der Waals surface area (Å²) in [5.41, 5.74) is 1.58. The molecule has 0 radical (unpaired) electrons. The number of hydrogen-bond donors (Lipinski definition) is 1. The minimum absolute atomic E-state index is 0.0297. The van der Waals surface area contributed by atoms with Crippen LogP contribution in [-0.2, 0) is 9.59 Å². The van der Waals surface area contributed by atoms with Crippen molar-refractivity contribution in [1.82, 2.24) is 20.2 Å². The molecule has 2 amide bonds. The molecule has 1 aromatic heterocycles. The van der Waals surface area contributed by atoms with Gasteiger partial charge in [-0.1, -0.05) is 6.42 Å². The zero-order valence-corrected chi connectivity index (χ0v) is 15.7. The average Bonchev–Trinajstić information content (AvgIpc) is 2.97. The van der Waals surface area contributed by atoms with E-state index < -0.39 is 0 Å². The van der Waals surface area contributed by atoms with E-state index in [4.69, 9.17) is 0 Å².